The molecule has 0 spiro atoms. The molecule has 4 heteroatoms. The van der Waals surface area contributed by atoms with Crippen molar-refractivity contribution >= 4 is 16.1 Å². The second-order valence-corrected chi connectivity index (χ2v) is 7.54. The van der Waals surface area contributed by atoms with Crippen LogP contribution in [0.4, 0.5) is 0 Å². The molecule has 3 rings (SSSR count). The van der Waals surface area contributed by atoms with E-state index in [0.717, 1.165) is 12.0 Å². The van der Waals surface area contributed by atoms with Gasteiger partial charge in [0.05, 0.1) is 4.90 Å². The average molecular weight is 300 g/mol. The first-order chi connectivity index (χ1) is 10.1. The maximum Gasteiger partial charge on any atom is 0.195 e. The van der Waals surface area contributed by atoms with Crippen molar-refractivity contribution in [2.45, 2.75) is 28.9 Å². The van der Waals surface area contributed by atoms with E-state index >= 15 is 0 Å². The predicted octanol–water partition coefficient (Wildman–Crippen LogP) is 2.89. The molecule has 1 unspecified atom stereocenters. The number of carbonyl (C=O) groups excluding carboxylic acids is 1. The van der Waals surface area contributed by atoms with Gasteiger partial charge in [-0.3, -0.25) is 0 Å². The van der Waals surface area contributed by atoms with Gasteiger partial charge in [0.1, 0.15) is 6.29 Å². The Hall–Kier alpha value is -1.94. The summed E-state index contributed by atoms with van der Waals surface area (Å²) in [6.45, 7) is 0. The molecule has 0 bridgehead atoms. The van der Waals surface area contributed by atoms with Crippen LogP contribution >= 0.6 is 0 Å². The highest BCUT2D eigenvalue weighted by atomic mass is 32.2. The number of rotatable bonds is 3. The van der Waals surface area contributed by atoms with Crippen LogP contribution in [-0.2, 0) is 25.8 Å². The first kappa shape index (κ1) is 14.0. The molecule has 1 aliphatic carbocycles. The van der Waals surface area contributed by atoms with Crippen LogP contribution in [0.15, 0.2) is 59.5 Å². The van der Waals surface area contributed by atoms with Crippen molar-refractivity contribution < 1.29 is 13.2 Å². The van der Waals surface area contributed by atoms with Gasteiger partial charge in [0, 0.05) is 0 Å². The fourth-order valence-corrected chi connectivity index (χ4v) is 5.07. The lowest BCUT2D eigenvalue weighted by Crippen LogP contribution is -2.40. The molecule has 0 aliphatic heterocycles. The molecule has 1 aliphatic rings. The Morgan fingerprint density at radius 2 is 1.62 bits per heavy atom. The number of carbonyl (C=O) groups is 1. The number of sulfone groups is 1. The van der Waals surface area contributed by atoms with E-state index in [9.17, 15) is 13.2 Å². The lowest BCUT2D eigenvalue weighted by molar-refractivity contribution is -0.110. The lowest BCUT2D eigenvalue weighted by atomic mass is 9.83. The van der Waals surface area contributed by atoms with Crippen molar-refractivity contribution in [3.63, 3.8) is 0 Å². The molecule has 2 aromatic rings. The lowest BCUT2D eigenvalue weighted by Gasteiger charge is -2.34. The minimum absolute atomic E-state index is 0.203. The van der Waals surface area contributed by atoms with E-state index in [2.05, 4.69) is 0 Å². The fraction of sp³-hybridized carbons (Fsp3) is 0.235. The number of hydrogen-bond donors (Lipinski definition) is 0. The zero-order chi connectivity index (χ0) is 14.9. The predicted molar refractivity (Wildman–Crippen MR) is 80.7 cm³/mol. The van der Waals surface area contributed by atoms with E-state index in [-0.39, 0.29) is 4.90 Å². The van der Waals surface area contributed by atoms with Gasteiger partial charge in [-0.2, -0.15) is 0 Å². The molecule has 0 fully saturated rings. The van der Waals surface area contributed by atoms with E-state index in [1.165, 1.54) is 0 Å². The normalized spacial score (nSPS) is 21.5. The van der Waals surface area contributed by atoms with Crippen LogP contribution in [0.25, 0.3) is 0 Å². The Morgan fingerprint density at radius 3 is 2.33 bits per heavy atom. The summed E-state index contributed by atoms with van der Waals surface area (Å²) in [7, 11) is -3.76. The molecule has 0 amide bonds. The van der Waals surface area contributed by atoms with Crippen molar-refractivity contribution in [1.29, 1.82) is 0 Å². The molecule has 108 valence electrons. The van der Waals surface area contributed by atoms with Gasteiger partial charge >= 0.3 is 0 Å². The molecule has 3 nitrogen and oxygen atoms in total. The van der Waals surface area contributed by atoms with Gasteiger partial charge in [-0.1, -0.05) is 42.5 Å². The Bertz CT molecular complexity index is 766. The van der Waals surface area contributed by atoms with Gasteiger partial charge in [0.2, 0.25) is 0 Å². The molecular formula is C17H16O3S. The minimum Gasteiger partial charge on any atom is -0.301 e. The molecular weight excluding hydrogens is 284 g/mol. The van der Waals surface area contributed by atoms with Crippen LogP contribution in [0.5, 0.6) is 0 Å². The zero-order valence-electron chi connectivity index (χ0n) is 11.5. The monoisotopic (exact) mass is 300 g/mol. The molecule has 0 radical (unpaired) electrons. The van der Waals surface area contributed by atoms with Crippen molar-refractivity contribution in [2.24, 2.45) is 0 Å². The molecule has 0 saturated carbocycles. The SMILES string of the molecule is O=CC1(S(=O)(=O)c2ccccc2)CCCc2ccccc21. The summed E-state index contributed by atoms with van der Waals surface area (Å²) >= 11 is 0. The van der Waals surface area contributed by atoms with E-state index in [1.807, 2.05) is 12.1 Å². The van der Waals surface area contributed by atoms with Crippen molar-refractivity contribution in [3.05, 3.63) is 65.7 Å². The van der Waals surface area contributed by atoms with Gasteiger partial charge < -0.3 is 4.79 Å². The van der Waals surface area contributed by atoms with Gasteiger partial charge in [-0.25, -0.2) is 8.42 Å². The van der Waals surface area contributed by atoms with Gasteiger partial charge in [-0.15, -0.1) is 0 Å². The second kappa shape index (κ2) is 5.11. The number of benzene rings is 2. The molecule has 0 N–H and O–H groups in total. The summed E-state index contributed by atoms with van der Waals surface area (Å²) in [6, 6.07) is 15.6. The minimum atomic E-state index is -3.76. The second-order valence-electron chi connectivity index (χ2n) is 5.33. The Balaban J connectivity index is 2.26. The van der Waals surface area contributed by atoms with Gasteiger partial charge in [-0.05, 0) is 42.5 Å². The number of aryl methyl sites for hydroxylation is 1. The van der Waals surface area contributed by atoms with E-state index in [4.69, 9.17) is 0 Å². The third-order valence-electron chi connectivity index (χ3n) is 4.19. The summed E-state index contributed by atoms with van der Waals surface area (Å²) < 4.78 is 24.7. The summed E-state index contributed by atoms with van der Waals surface area (Å²) in [6.07, 6.45) is 2.47. The van der Waals surface area contributed by atoms with E-state index in [1.54, 1.807) is 42.5 Å². The largest absolute Gasteiger partial charge is 0.301 e. The number of fused-ring (bicyclic) bond motifs is 1. The van der Waals surface area contributed by atoms with Gasteiger partial charge in [0.25, 0.3) is 0 Å². The Kier molecular flexibility index (Phi) is 3.41. The third-order valence-corrected chi connectivity index (χ3v) is 6.56. The van der Waals surface area contributed by atoms with Crippen molar-refractivity contribution in [3.8, 4) is 0 Å². The summed E-state index contributed by atoms with van der Waals surface area (Å²) in [5.41, 5.74) is 1.59. The molecule has 0 aromatic heterocycles. The number of aldehydes is 1. The first-order valence-corrected chi connectivity index (χ1v) is 8.44. The highest BCUT2D eigenvalue weighted by molar-refractivity contribution is 7.93. The third kappa shape index (κ3) is 2.02. The fourth-order valence-electron chi connectivity index (χ4n) is 3.10. The van der Waals surface area contributed by atoms with E-state index < -0.39 is 14.6 Å². The topological polar surface area (TPSA) is 51.2 Å². The van der Waals surface area contributed by atoms with Crippen LogP contribution in [0.3, 0.4) is 0 Å². The smallest absolute Gasteiger partial charge is 0.195 e. The quantitative estimate of drug-likeness (QED) is 0.819. The van der Waals surface area contributed by atoms with Crippen LogP contribution in [0.2, 0.25) is 0 Å². The molecule has 0 saturated heterocycles. The zero-order valence-corrected chi connectivity index (χ0v) is 12.3. The van der Waals surface area contributed by atoms with Gasteiger partial charge in [0.15, 0.2) is 14.6 Å². The molecule has 1 atom stereocenters. The van der Waals surface area contributed by atoms with E-state index in [0.29, 0.717) is 24.7 Å². The Morgan fingerprint density at radius 1 is 0.952 bits per heavy atom. The maximum absolute atomic E-state index is 13.1. The maximum atomic E-state index is 13.1. The molecule has 2 aromatic carbocycles. The van der Waals surface area contributed by atoms with Crippen LogP contribution in [-0.4, -0.2) is 14.7 Å². The Labute approximate surface area is 124 Å². The van der Waals surface area contributed by atoms with Crippen LogP contribution in [0.1, 0.15) is 24.0 Å². The standard InChI is InChI=1S/C17H16O3S/c18-13-17(21(19,20)15-9-2-1-3-10-15)12-6-8-14-7-4-5-11-16(14)17/h1-5,7,9-11,13H,6,8,12H2. The molecule has 21 heavy (non-hydrogen) atoms. The summed E-state index contributed by atoms with van der Waals surface area (Å²) in [4.78, 5) is 12.1. The first-order valence-electron chi connectivity index (χ1n) is 6.96. The van der Waals surface area contributed by atoms with Crippen molar-refractivity contribution in [2.75, 3.05) is 0 Å². The summed E-state index contributed by atoms with van der Waals surface area (Å²) in [5.74, 6) is 0. The van der Waals surface area contributed by atoms with Crippen LogP contribution < -0.4 is 0 Å². The molecule has 0 heterocycles. The average Bonchev–Trinajstić information content (AvgIpc) is 2.55. The highest BCUT2D eigenvalue weighted by Gasteiger charge is 2.48. The number of hydrogen-bond acceptors (Lipinski definition) is 3. The van der Waals surface area contributed by atoms with Crippen molar-refractivity contribution in [1.82, 2.24) is 0 Å². The van der Waals surface area contributed by atoms with Crippen LogP contribution in [0, 0.1) is 0 Å². The summed E-state index contributed by atoms with van der Waals surface area (Å²) in [5, 5.41) is 0. The highest BCUT2D eigenvalue weighted by Crippen LogP contribution is 2.43.